The standard InChI is InChI=1S/C15H16F2N4O3S/c1-10(22)18-6-7-19-15-5-3-12(9-20-15)25(23,24)21-11-2-4-13(16)14(17)8-11/h2-5,8-9,21H,6-7H2,1H3,(H,18,22)(H,19,20). The van der Waals surface area contributed by atoms with Crippen molar-refractivity contribution in [2.24, 2.45) is 0 Å². The highest BCUT2D eigenvalue weighted by molar-refractivity contribution is 7.92. The van der Waals surface area contributed by atoms with Crippen molar-refractivity contribution in [1.82, 2.24) is 10.3 Å². The van der Waals surface area contributed by atoms with Crippen LogP contribution in [-0.2, 0) is 14.8 Å². The van der Waals surface area contributed by atoms with E-state index < -0.39 is 21.7 Å². The minimum atomic E-state index is -3.98. The number of anilines is 2. The molecule has 0 atom stereocenters. The van der Waals surface area contributed by atoms with Gasteiger partial charge in [-0.3, -0.25) is 9.52 Å². The summed E-state index contributed by atoms with van der Waals surface area (Å²) in [6, 6.07) is 5.46. The van der Waals surface area contributed by atoms with Crippen LogP contribution in [0, 0.1) is 11.6 Å². The first-order chi connectivity index (χ1) is 11.8. The van der Waals surface area contributed by atoms with Crippen molar-refractivity contribution in [3.63, 3.8) is 0 Å². The lowest BCUT2D eigenvalue weighted by molar-refractivity contribution is -0.118. The van der Waals surface area contributed by atoms with E-state index >= 15 is 0 Å². The molecule has 0 fully saturated rings. The third-order valence-corrected chi connectivity index (χ3v) is 4.39. The molecule has 2 rings (SSSR count). The number of nitrogens with one attached hydrogen (secondary N) is 3. The first kappa shape index (κ1) is 18.6. The van der Waals surface area contributed by atoms with Crippen LogP contribution < -0.4 is 15.4 Å². The molecule has 0 unspecified atom stereocenters. The van der Waals surface area contributed by atoms with Crippen molar-refractivity contribution in [2.75, 3.05) is 23.1 Å². The van der Waals surface area contributed by atoms with Gasteiger partial charge in [0.15, 0.2) is 11.6 Å². The number of hydrogen-bond donors (Lipinski definition) is 3. The first-order valence-electron chi connectivity index (χ1n) is 7.20. The van der Waals surface area contributed by atoms with Gasteiger partial charge in [-0.05, 0) is 24.3 Å². The number of sulfonamides is 1. The number of carbonyl (C=O) groups excluding carboxylic acids is 1. The number of pyridine rings is 1. The number of rotatable bonds is 7. The van der Waals surface area contributed by atoms with Crippen LogP contribution in [0.25, 0.3) is 0 Å². The second-order valence-corrected chi connectivity index (χ2v) is 6.71. The first-order valence-corrected chi connectivity index (χ1v) is 8.68. The predicted molar refractivity (Wildman–Crippen MR) is 88.6 cm³/mol. The molecule has 0 aliphatic heterocycles. The number of halogens is 2. The molecule has 0 aliphatic rings. The van der Waals surface area contributed by atoms with E-state index in [1.807, 2.05) is 0 Å². The molecule has 1 aromatic heterocycles. The number of hydrogen-bond acceptors (Lipinski definition) is 5. The summed E-state index contributed by atoms with van der Waals surface area (Å²) in [6.45, 7) is 2.22. The van der Waals surface area contributed by atoms with E-state index in [0.717, 1.165) is 24.4 Å². The molecular formula is C15H16F2N4O3S. The zero-order valence-electron chi connectivity index (χ0n) is 13.2. The SMILES string of the molecule is CC(=O)NCCNc1ccc(S(=O)(=O)Nc2ccc(F)c(F)c2)cn1. The molecule has 0 spiro atoms. The molecule has 7 nitrogen and oxygen atoms in total. The van der Waals surface area contributed by atoms with Gasteiger partial charge < -0.3 is 10.6 Å². The quantitative estimate of drug-likeness (QED) is 0.644. The molecule has 0 saturated carbocycles. The van der Waals surface area contributed by atoms with Crippen LogP contribution in [0.3, 0.4) is 0 Å². The third kappa shape index (κ3) is 5.38. The molecule has 2 aromatic rings. The lowest BCUT2D eigenvalue weighted by atomic mass is 10.3. The highest BCUT2D eigenvalue weighted by Gasteiger charge is 2.15. The van der Waals surface area contributed by atoms with Crippen molar-refractivity contribution in [2.45, 2.75) is 11.8 Å². The van der Waals surface area contributed by atoms with Gasteiger partial charge in [0.2, 0.25) is 5.91 Å². The van der Waals surface area contributed by atoms with Gasteiger partial charge in [-0.15, -0.1) is 0 Å². The van der Waals surface area contributed by atoms with Gasteiger partial charge in [0.1, 0.15) is 10.7 Å². The fourth-order valence-corrected chi connectivity index (χ4v) is 2.84. The van der Waals surface area contributed by atoms with Crippen LogP contribution in [-0.4, -0.2) is 32.4 Å². The Labute approximate surface area is 143 Å². The Morgan fingerprint density at radius 2 is 1.88 bits per heavy atom. The summed E-state index contributed by atoms with van der Waals surface area (Å²) in [5.41, 5.74) is -0.101. The number of aromatic nitrogens is 1. The second-order valence-electron chi connectivity index (χ2n) is 5.02. The van der Waals surface area contributed by atoms with Crippen LogP contribution in [0.1, 0.15) is 6.92 Å². The van der Waals surface area contributed by atoms with E-state index in [1.54, 1.807) is 0 Å². The maximum atomic E-state index is 13.2. The van der Waals surface area contributed by atoms with Crippen molar-refractivity contribution in [1.29, 1.82) is 0 Å². The summed E-state index contributed by atoms with van der Waals surface area (Å²) < 4.78 is 52.6. The smallest absolute Gasteiger partial charge is 0.263 e. The van der Waals surface area contributed by atoms with E-state index in [-0.39, 0.29) is 16.5 Å². The summed E-state index contributed by atoms with van der Waals surface area (Å²) in [5.74, 6) is -1.95. The van der Waals surface area contributed by atoms with Gasteiger partial charge >= 0.3 is 0 Å². The van der Waals surface area contributed by atoms with Crippen molar-refractivity contribution >= 4 is 27.4 Å². The summed E-state index contributed by atoms with van der Waals surface area (Å²) >= 11 is 0. The summed E-state index contributed by atoms with van der Waals surface area (Å²) in [5, 5.41) is 5.50. The average molecular weight is 370 g/mol. The molecule has 1 aromatic carbocycles. The Hall–Kier alpha value is -2.75. The lowest BCUT2D eigenvalue weighted by Crippen LogP contribution is -2.26. The van der Waals surface area contributed by atoms with Crippen molar-refractivity contribution in [3.05, 3.63) is 48.2 Å². The fraction of sp³-hybridized carbons (Fsp3) is 0.200. The van der Waals surface area contributed by atoms with Crippen LogP contribution in [0.2, 0.25) is 0 Å². The molecule has 10 heteroatoms. The van der Waals surface area contributed by atoms with Crippen LogP contribution in [0.4, 0.5) is 20.3 Å². The highest BCUT2D eigenvalue weighted by Crippen LogP contribution is 2.18. The van der Waals surface area contributed by atoms with E-state index in [1.165, 1.54) is 19.1 Å². The lowest BCUT2D eigenvalue weighted by Gasteiger charge is -2.09. The van der Waals surface area contributed by atoms with Gasteiger partial charge in [0, 0.05) is 32.3 Å². The minimum Gasteiger partial charge on any atom is -0.368 e. The van der Waals surface area contributed by atoms with Crippen molar-refractivity contribution < 1.29 is 22.0 Å². The molecule has 0 saturated heterocycles. The van der Waals surface area contributed by atoms with Gasteiger partial charge in [-0.2, -0.15) is 0 Å². The Kier molecular flexibility index (Phi) is 5.86. The monoisotopic (exact) mass is 370 g/mol. The maximum absolute atomic E-state index is 13.2. The number of benzene rings is 1. The van der Waals surface area contributed by atoms with Gasteiger partial charge in [-0.25, -0.2) is 22.2 Å². The number of nitrogens with zero attached hydrogens (tertiary/aromatic N) is 1. The van der Waals surface area contributed by atoms with E-state index in [4.69, 9.17) is 0 Å². The zero-order chi connectivity index (χ0) is 18.4. The number of amides is 1. The van der Waals surface area contributed by atoms with E-state index in [9.17, 15) is 22.0 Å². The molecule has 1 amide bonds. The summed E-state index contributed by atoms with van der Waals surface area (Å²) in [4.78, 5) is 14.6. The minimum absolute atomic E-state index is 0.101. The predicted octanol–water partition coefficient (Wildman–Crippen LogP) is 1.71. The van der Waals surface area contributed by atoms with Crippen LogP contribution in [0.5, 0.6) is 0 Å². The molecule has 25 heavy (non-hydrogen) atoms. The Bertz CT molecular complexity index is 858. The zero-order valence-corrected chi connectivity index (χ0v) is 14.0. The molecule has 3 N–H and O–H groups in total. The molecular weight excluding hydrogens is 354 g/mol. The van der Waals surface area contributed by atoms with Crippen molar-refractivity contribution in [3.8, 4) is 0 Å². The summed E-state index contributed by atoms with van der Waals surface area (Å²) in [6.07, 6.45) is 1.13. The van der Waals surface area contributed by atoms with Gasteiger partial charge in [-0.1, -0.05) is 0 Å². The molecule has 134 valence electrons. The summed E-state index contributed by atoms with van der Waals surface area (Å²) in [7, 11) is -3.98. The Balaban J connectivity index is 2.01. The van der Waals surface area contributed by atoms with E-state index in [2.05, 4.69) is 20.3 Å². The van der Waals surface area contributed by atoms with Gasteiger partial charge in [0.05, 0.1) is 5.69 Å². The van der Waals surface area contributed by atoms with E-state index in [0.29, 0.717) is 18.9 Å². The molecule has 0 radical (unpaired) electrons. The van der Waals surface area contributed by atoms with Gasteiger partial charge in [0.25, 0.3) is 10.0 Å². The second kappa shape index (κ2) is 7.88. The largest absolute Gasteiger partial charge is 0.368 e. The molecule has 0 bridgehead atoms. The highest BCUT2D eigenvalue weighted by atomic mass is 32.2. The van der Waals surface area contributed by atoms with Crippen LogP contribution >= 0.6 is 0 Å². The third-order valence-electron chi connectivity index (χ3n) is 3.02. The Morgan fingerprint density at radius 1 is 1.12 bits per heavy atom. The van der Waals surface area contributed by atoms with Crippen LogP contribution in [0.15, 0.2) is 41.4 Å². The molecule has 0 aliphatic carbocycles. The maximum Gasteiger partial charge on any atom is 0.263 e. The average Bonchev–Trinajstić information content (AvgIpc) is 2.55. The fourth-order valence-electron chi connectivity index (χ4n) is 1.85. The normalized spacial score (nSPS) is 11.0. The molecule has 1 heterocycles. The number of carbonyl (C=O) groups is 1. The topological polar surface area (TPSA) is 100 Å². The Morgan fingerprint density at radius 3 is 2.48 bits per heavy atom.